The van der Waals surface area contributed by atoms with Gasteiger partial charge in [0.2, 0.25) is 0 Å². The maximum absolute atomic E-state index is 4.21. The van der Waals surface area contributed by atoms with Crippen molar-refractivity contribution in [3.63, 3.8) is 0 Å². The van der Waals surface area contributed by atoms with Gasteiger partial charge in [-0.05, 0) is 17.7 Å². The Morgan fingerprint density at radius 1 is 1.42 bits per heavy atom. The Balaban J connectivity index is 2.19. The molecule has 0 unspecified atom stereocenters. The largest absolute Gasteiger partial charge is 0.310 e. The molecule has 102 valence electrons. The molecule has 0 saturated carbocycles. The van der Waals surface area contributed by atoms with Crippen molar-refractivity contribution in [2.24, 2.45) is 7.05 Å². The van der Waals surface area contributed by atoms with Gasteiger partial charge < -0.3 is 5.32 Å². The molecule has 3 nitrogen and oxygen atoms in total. The SMILES string of the molecule is CC(C)NCc1ccc(Br)cc1Sc1cnn(C)c1. The summed E-state index contributed by atoms with van der Waals surface area (Å²) in [6.45, 7) is 5.20. The van der Waals surface area contributed by atoms with Crippen molar-refractivity contribution >= 4 is 27.7 Å². The highest BCUT2D eigenvalue weighted by Crippen LogP contribution is 2.32. The van der Waals surface area contributed by atoms with Crippen LogP contribution in [0.25, 0.3) is 0 Å². The van der Waals surface area contributed by atoms with Gasteiger partial charge in [0.1, 0.15) is 0 Å². The van der Waals surface area contributed by atoms with Crippen LogP contribution in [0, 0.1) is 0 Å². The van der Waals surface area contributed by atoms with Gasteiger partial charge in [-0.2, -0.15) is 5.10 Å². The summed E-state index contributed by atoms with van der Waals surface area (Å²) in [5.41, 5.74) is 1.31. The van der Waals surface area contributed by atoms with Gasteiger partial charge in [0, 0.05) is 35.2 Å². The van der Waals surface area contributed by atoms with E-state index in [4.69, 9.17) is 0 Å². The molecule has 1 aromatic carbocycles. The summed E-state index contributed by atoms with van der Waals surface area (Å²) in [4.78, 5) is 2.42. The Labute approximate surface area is 126 Å². The molecule has 0 bridgehead atoms. The number of aryl methyl sites for hydroxylation is 1. The topological polar surface area (TPSA) is 29.9 Å². The van der Waals surface area contributed by atoms with E-state index in [0.717, 1.165) is 15.9 Å². The Kier molecular flexibility index (Phi) is 5.07. The van der Waals surface area contributed by atoms with Crippen molar-refractivity contribution in [1.82, 2.24) is 15.1 Å². The van der Waals surface area contributed by atoms with Crippen LogP contribution in [0.4, 0.5) is 0 Å². The molecule has 0 radical (unpaired) electrons. The lowest BCUT2D eigenvalue weighted by Gasteiger charge is -2.12. The Morgan fingerprint density at radius 2 is 2.21 bits per heavy atom. The zero-order chi connectivity index (χ0) is 13.8. The molecule has 1 aromatic heterocycles. The average Bonchev–Trinajstić information content (AvgIpc) is 2.73. The fourth-order valence-corrected chi connectivity index (χ4v) is 3.19. The van der Waals surface area contributed by atoms with Gasteiger partial charge in [-0.15, -0.1) is 0 Å². The van der Waals surface area contributed by atoms with E-state index in [1.165, 1.54) is 10.5 Å². The first kappa shape index (κ1) is 14.6. The smallest absolute Gasteiger partial charge is 0.0629 e. The maximum Gasteiger partial charge on any atom is 0.0629 e. The van der Waals surface area contributed by atoms with Crippen molar-refractivity contribution in [3.05, 3.63) is 40.6 Å². The standard InChI is InChI=1S/C14H18BrN3S/c1-10(2)16-7-11-4-5-12(15)6-14(11)19-13-8-17-18(3)9-13/h4-6,8-10,16H,7H2,1-3H3. The van der Waals surface area contributed by atoms with Crippen LogP contribution in [-0.4, -0.2) is 15.8 Å². The fourth-order valence-electron chi connectivity index (χ4n) is 1.66. The fraction of sp³-hybridized carbons (Fsp3) is 0.357. The van der Waals surface area contributed by atoms with Gasteiger partial charge in [-0.25, -0.2) is 0 Å². The minimum atomic E-state index is 0.486. The summed E-state index contributed by atoms with van der Waals surface area (Å²) in [5, 5.41) is 7.67. The van der Waals surface area contributed by atoms with Crippen molar-refractivity contribution in [2.45, 2.75) is 36.2 Å². The number of hydrogen-bond acceptors (Lipinski definition) is 3. The maximum atomic E-state index is 4.21. The lowest BCUT2D eigenvalue weighted by molar-refractivity contribution is 0.584. The van der Waals surface area contributed by atoms with E-state index in [9.17, 15) is 0 Å². The molecule has 0 fully saturated rings. The van der Waals surface area contributed by atoms with Crippen molar-refractivity contribution in [3.8, 4) is 0 Å². The van der Waals surface area contributed by atoms with Crippen LogP contribution in [0.2, 0.25) is 0 Å². The summed E-state index contributed by atoms with van der Waals surface area (Å²) in [5.74, 6) is 0. The molecule has 0 amide bonds. The Bertz CT molecular complexity index is 551. The van der Waals surface area contributed by atoms with Gasteiger partial charge in [0.15, 0.2) is 0 Å². The van der Waals surface area contributed by atoms with Crippen LogP contribution in [0.5, 0.6) is 0 Å². The van der Waals surface area contributed by atoms with E-state index in [1.54, 1.807) is 11.8 Å². The third-order valence-electron chi connectivity index (χ3n) is 2.64. The van der Waals surface area contributed by atoms with Gasteiger partial charge >= 0.3 is 0 Å². The predicted octanol–water partition coefficient (Wildman–Crippen LogP) is 3.83. The van der Waals surface area contributed by atoms with E-state index in [2.05, 4.69) is 58.4 Å². The molecule has 2 aromatic rings. The normalized spacial score (nSPS) is 11.2. The van der Waals surface area contributed by atoms with Crippen LogP contribution in [0.3, 0.4) is 0 Å². The molecular weight excluding hydrogens is 322 g/mol. The van der Waals surface area contributed by atoms with E-state index in [1.807, 2.05) is 24.1 Å². The van der Waals surface area contributed by atoms with Gasteiger partial charge in [0.05, 0.1) is 11.1 Å². The van der Waals surface area contributed by atoms with Crippen LogP contribution in [0.15, 0.2) is 44.9 Å². The predicted molar refractivity (Wildman–Crippen MR) is 83.4 cm³/mol. The molecule has 19 heavy (non-hydrogen) atoms. The van der Waals surface area contributed by atoms with Crippen LogP contribution in [0.1, 0.15) is 19.4 Å². The number of rotatable bonds is 5. The molecule has 1 N–H and O–H groups in total. The van der Waals surface area contributed by atoms with Crippen LogP contribution in [-0.2, 0) is 13.6 Å². The van der Waals surface area contributed by atoms with E-state index in [-0.39, 0.29) is 0 Å². The van der Waals surface area contributed by atoms with E-state index >= 15 is 0 Å². The molecule has 0 aliphatic heterocycles. The number of nitrogens with zero attached hydrogens (tertiary/aromatic N) is 2. The number of halogens is 1. The number of nitrogens with one attached hydrogen (secondary N) is 1. The molecule has 0 aliphatic carbocycles. The quantitative estimate of drug-likeness (QED) is 0.897. The minimum Gasteiger partial charge on any atom is -0.310 e. The van der Waals surface area contributed by atoms with E-state index < -0.39 is 0 Å². The summed E-state index contributed by atoms with van der Waals surface area (Å²) in [6, 6.07) is 6.90. The zero-order valence-electron chi connectivity index (χ0n) is 11.4. The first-order valence-corrected chi connectivity index (χ1v) is 7.84. The third kappa shape index (κ3) is 4.37. The summed E-state index contributed by atoms with van der Waals surface area (Å²) in [6.07, 6.45) is 3.93. The molecule has 0 saturated heterocycles. The third-order valence-corrected chi connectivity index (χ3v) is 4.18. The number of aromatic nitrogens is 2. The van der Waals surface area contributed by atoms with Crippen molar-refractivity contribution < 1.29 is 0 Å². The molecule has 0 atom stereocenters. The highest BCUT2D eigenvalue weighted by molar-refractivity contribution is 9.10. The minimum absolute atomic E-state index is 0.486. The van der Waals surface area contributed by atoms with Crippen LogP contribution >= 0.6 is 27.7 Å². The van der Waals surface area contributed by atoms with Crippen molar-refractivity contribution in [1.29, 1.82) is 0 Å². The first-order chi connectivity index (χ1) is 9.04. The first-order valence-electron chi connectivity index (χ1n) is 6.23. The highest BCUT2D eigenvalue weighted by atomic mass is 79.9. The second-order valence-electron chi connectivity index (χ2n) is 4.74. The summed E-state index contributed by atoms with van der Waals surface area (Å²) < 4.78 is 2.93. The Hall–Kier alpha value is -0.780. The van der Waals surface area contributed by atoms with Crippen molar-refractivity contribution in [2.75, 3.05) is 0 Å². The Morgan fingerprint density at radius 3 is 2.84 bits per heavy atom. The van der Waals surface area contributed by atoms with Gasteiger partial charge in [0.25, 0.3) is 0 Å². The molecular formula is C14H18BrN3S. The molecule has 1 heterocycles. The molecule has 0 spiro atoms. The lowest BCUT2D eigenvalue weighted by Crippen LogP contribution is -2.22. The average molecular weight is 340 g/mol. The van der Waals surface area contributed by atoms with Gasteiger partial charge in [-0.3, -0.25) is 4.68 Å². The van der Waals surface area contributed by atoms with Gasteiger partial charge in [-0.1, -0.05) is 47.6 Å². The monoisotopic (exact) mass is 339 g/mol. The second kappa shape index (κ2) is 6.59. The highest BCUT2D eigenvalue weighted by Gasteiger charge is 2.07. The zero-order valence-corrected chi connectivity index (χ0v) is 13.8. The molecule has 5 heteroatoms. The number of hydrogen-bond donors (Lipinski definition) is 1. The molecule has 2 rings (SSSR count). The second-order valence-corrected chi connectivity index (χ2v) is 6.77. The molecule has 0 aliphatic rings. The van der Waals surface area contributed by atoms with E-state index in [0.29, 0.717) is 6.04 Å². The lowest BCUT2D eigenvalue weighted by atomic mass is 10.2. The van der Waals surface area contributed by atoms with Crippen LogP contribution < -0.4 is 5.32 Å². The summed E-state index contributed by atoms with van der Waals surface area (Å²) >= 11 is 5.29. The summed E-state index contributed by atoms with van der Waals surface area (Å²) in [7, 11) is 1.94. The number of benzene rings is 1.